The van der Waals surface area contributed by atoms with E-state index in [1.54, 1.807) is 6.33 Å². The van der Waals surface area contributed by atoms with E-state index < -0.39 is 0 Å². The Balaban J connectivity index is 1.75. The number of hydrogen-bond donors (Lipinski definition) is 0. The topological polar surface area (TPSA) is 54.8 Å². The van der Waals surface area contributed by atoms with Gasteiger partial charge < -0.3 is 0 Å². The lowest BCUT2D eigenvalue weighted by Crippen LogP contribution is -2.24. The van der Waals surface area contributed by atoms with Gasteiger partial charge in [-0.25, -0.2) is 9.97 Å². The minimum atomic E-state index is 0.381. The van der Waals surface area contributed by atoms with Crippen LogP contribution in [0.15, 0.2) is 31.0 Å². The number of aromatic nitrogens is 4. The molecule has 5 nitrogen and oxygen atoms in total. The lowest BCUT2D eigenvalue weighted by Gasteiger charge is -2.23. The normalized spacial score (nSPS) is 19.7. The Bertz CT molecular complexity index is 525. The van der Waals surface area contributed by atoms with Gasteiger partial charge in [-0.15, -0.1) is 0 Å². The second-order valence-corrected chi connectivity index (χ2v) is 4.91. The highest BCUT2D eigenvalue weighted by Gasteiger charge is 2.27. The molecule has 19 heavy (non-hydrogen) atoms. The molecule has 0 aromatic carbocycles. The van der Waals surface area contributed by atoms with Gasteiger partial charge in [-0.3, -0.25) is 14.9 Å². The Kier molecular flexibility index (Phi) is 3.46. The highest BCUT2D eigenvalue weighted by atomic mass is 15.2. The summed E-state index contributed by atoms with van der Waals surface area (Å²) in [7, 11) is 0. The van der Waals surface area contributed by atoms with Crippen molar-refractivity contribution in [2.45, 2.75) is 32.4 Å². The summed E-state index contributed by atoms with van der Waals surface area (Å²) >= 11 is 0. The first-order valence-corrected chi connectivity index (χ1v) is 6.60. The number of nitrogens with zero attached hydrogens (tertiary/aromatic N) is 5. The Morgan fingerprint density at radius 2 is 2.21 bits per heavy atom. The third-order valence-corrected chi connectivity index (χ3v) is 3.51. The van der Waals surface area contributed by atoms with Crippen LogP contribution in [0.2, 0.25) is 0 Å². The standard InChI is InChI=1S/C14H17N5/c1-11-7-17-12(8-16-11)9-19-6-2-3-14(19)13-4-5-15-10-18-13/h4-5,7-8,10,14H,2-3,6,9H2,1H3/t14-/m1/s1. The second-order valence-electron chi connectivity index (χ2n) is 4.91. The summed E-state index contributed by atoms with van der Waals surface area (Å²) in [5.74, 6) is 0. The average Bonchev–Trinajstić information content (AvgIpc) is 2.90. The number of aryl methyl sites for hydroxylation is 1. The molecule has 3 rings (SSSR count). The monoisotopic (exact) mass is 255 g/mol. The second kappa shape index (κ2) is 5.40. The van der Waals surface area contributed by atoms with Gasteiger partial charge in [-0.05, 0) is 32.4 Å². The van der Waals surface area contributed by atoms with Crippen molar-refractivity contribution in [1.82, 2.24) is 24.8 Å². The Labute approximate surface area is 112 Å². The minimum absolute atomic E-state index is 0.381. The van der Waals surface area contributed by atoms with Crippen LogP contribution in [0.1, 0.15) is 36.0 Å². The van der Waals surface area contributed by atoms with Gasteiger partial charge in [0.2, 0.25) is 0 Å². The molecule has 1 atom stereocenters. The van der Waals surface area contributed by atoms with Gasteiger partial charge in [0.1, 0.15) is 6.33 Å². The van der Waals surface area contributed by atoms with E-state index >= 15 is 0 Å². The molecule has 0 radical (unpaired) electrons. The van der Waals surface area contributed by atoms with Crippen molar-refractivity contribution in [1.29, 1.82) is 0 Å². The fraction of sp³-hybridized carbons (Fsp3) is 0.429. The van der Waals surface area contributed by atoms with Crippen LogP contribution in [-0.2, 0) is 6.54 Å². The SMILES string of the molecule is Cc1cnc(CN2CCC[C@@H]2c2ccncn2)cn1. The highest BCUT2D eigenvalue weighted by molar-refractivity contribution is 5.09. The molecular formula is C14H17N5. The molecule has 98 valence electrons. The van der Waals surface area contributed by atoms with Crippen LogP contribution in [-0.4, -0.2) is 31.4 Å². The lowest BCUT2D eigenvalue weighted by atomic mass is 10.1. The molecule has 1 aliphatic rings. The molecule has 0 saturated carbocycles. The zero-order valence-electron chi connectivity index (χ0n) is 11.0. The van der Waals surface area contributed by atoms with E-state index in [0.717, 1.165) is 36.6 Å². The van der Waals surface area contributed by atoms with Crippen molar-refractivity contribution in [3.63, 3.8) is 0 Å². The zero-order valence-corrected chi connectivity index (χ0v) is 11.0. The van der Waals surface area contributed by atoms with Crippen LogP contribution in [0.3, 0.4) is 0 Å². The van der Waals surface area contributed by atoms with Gasteiger partial charge in [0, 0.05) is 25.1 Å². The van der Waals surface area contributed by atoms with Gasteiger partial charge in [0.25, 0.3) is 0 Å². The van der Waals surface area contributed by atoms with E-state index in [0.29, 0.717) is 6.04 Å². The van der Waals surface area contributed by atoms with Gasteiger partial charge in [0.05, 0.1) is 23.1 Å². The average molecular weight is 255 g/mol. The maximum Gasteiger partial charge on any atom is 0.115 e. The van der Waals surface area contributed by atoms with Gasteiger partial charge in [0.15, 0.2) is 0 Å². The Morgan fingerprint density at radius 1 is 1.26 bits per heavy atom. The third-order valence-electron chi connectivity index (χ3n) is 3.51. The largest absolute Gasteiger partial charge is 0.289 e. The van der Waals surface area contributed by atoms with E-state index in [2.05, 4.69) is 24.8 Å². The van der Waals surface area contributed by atoms with E-state index in [9.17, 15) is 0 Å². The van der Waals surface area contributed by atoms with Crippen molar-refractivity contribution in [3.05, 3.63) is 48.1 Å². The fourth-order valence-corrected chi connectivity index (χ4v) is 2.56. The molecule has 1 fully saturated rings. The predicted octanol–water partition coefficient (Wildman–Crippen LogP) is 1.91. The molecule has 0 spiro atoms. The Morgan fingerprint density at radius 3 is 2.95 bits per heavy atom. The predicted molar refractivity (Wildman–Crippen MR) is 71.2 cm³/mol. The number of likely N-dealkylation sites (tertiary alicyclic amines) is 1. The maximum atomic E-state index is 4.43. The van der Waals surface area contributed by atoms with Gasteiger partial charge in [-0.1, -0.05) is 0 Å². The van der Waals surface area contributed by atoms with Crippen LogP contribution in [0.5, 0.6) is 0 Å². The maximum absolute atomic E-state index is 4.43. The molecule has 3 heterocycles. The van der Waals surface area contributed by atoms with Gasteiger partial charge >= 0.3 is 0 Å². The minimum Gasteiger partial charge on any atom is -0.289 e. The third kappa shape index (κ3) is 2.76. The van der Waals surface area contributed by atoms with Crippen molar-refractivity contribution in [2.24, 2.45) is 0 Å². The van der Waals surface area contributed by atoms with Crippen LogP contribution in [0, 0.1) is 6.92 Å². The van der Waals surface area contributed by atoms with Crippen LogP contribution >= 0.6 is 0 Å². The molecule has 2 aromatic rings. The first-order chi connectivity index (χ1) is 9.33. The molecule has 2 aromatic heterocycles. The molecule has 1 saturated heterocycles. The highest BCUT2D eigenvalue weighted by Crippen LogP contribution is 2.31. The van der Waals surface area contributed by atoms with Crippen LogP contribution < -0.4 is 0 Å². The van der Waals surface area contributed by atoms with Crippen molar-refractivity contribution >= 4 is 0 Å². The van der Waals surface area contributed by atoms with Crippen molar-refractivity contribution in [2.75, 3.05) is 6.54 Å². The smallest absolute Gasteiger partial charge is 0.115 e. The summed E-state index contributed by atoms with van der Waals surface area (Å²) in [5.41, 5.74) is 3.08. The summed E-state index contributed by atoms with van der Waals surface area (Å²) in [4.78, 5) is 19.5. The molecule has 5 heteroatoms. The quantitative estimate of drug-likeness (QED) is 0.838. The van der Waals surface area contributed by atoms with Crippen LogP contribution in [0.4, 0.5) is 0 Å². The van der Waals surface area contributed by atoms with Crippen molar-refractivity contribution < 1.29 is 0 Å². The molecule has 0 unspecified atom stereocenters. The molecular weight excluding hydrogens is 238 g/mol. The zero-order chi connectivity index (χ0) is 13.1. The summed E-state index contributed by atoms with van der Waals surface area (Å²) < 4.78 is 0. The molecule has 0 amide bonds. The van der Waals surface area contributed by atoms with E-state index in [4.69, 9.17) is 0 Å². The van der Waals surface area contributed by atoms with Crippen molar-refractivity contribution in [3.8, 4) is 0 Å². The molecule has 1 aliphatic heterocycles. The van der Waals surface area contributed by atoms with E-state index in [-0.39, 0.29) is 0 Å². The van der Waals surface area contributed by atoms with Gasteiger partial charge in [-0.2, -0.15) is 0 Å². The van der Waals surface area contributed by atoms with Crippen LogP contribution in [0.25, 0.3) is 0 Å². The molecule has 0 bridgehead atoms. The fourth-order valence-electron chi connectivity index (χ4n) is 2.56. The molecule has 0 N–H and O–H groups in total. The molecule has 0 aliphatic carbocycles. The first-order valence-electron chi connectivity index (χ1n) is 6.60. The number of hydrogen-bond acceptors (Lipinski definition) is 5. The lowest BCUT2D eigenvalue weighted by molar-refractivity contribution is 0.241. The first kappa shape index (κ1) is 12.2. The van der Waals surface area contributed by atoms with E-state index in [1.807, 2.05) is 31.6 Å². The van der Waals surface area contributed by atoms with E-state index in [1.165, 1.54) is 6.42 Å². The number of rotatable bonds is 3. The summed E-state index contributed by atoms with van der Waals surface area (Å²) in [6.07, 6.45) is 9.47. The summed E-state index contributed by atoms with van der Waals surface area (Å²) in [5, 5.41) is 0. The summed E-state index contributed by atoms with van der Waals surface area (Å²) in [6, 6.07) is 2.38. The Hall–Kier alpha value is -1.88. The summed E-state index contributed by atoms with van der Waals surface area (Å²) in [6.45, 7) is 3.88.